The van der Waals surface area contributed by atoms with Crippen LogP contribution in [-0.2, 0) is 9.59 Å². The number of aliphatic carboxylic acids is 1. The molecule has 0 aromatic carbocycles. The largest absolute Gasteiger partial charge is 0.480 e. The van der Waals surface area contributed by atoms with E-state index < -0.39 is 12.0 Å². The molecule has 1 N–H and O–H groups in total. The normalized spacial score (nSPS) is 21.4. The van der Waals surface area contributed by atoms with Crippen molar-refractivity contribution in [1.82, 2.24) is 4.90 Å². The van der Waals surface area contributed by atoms with Gasteiger partial charge in [-0.25, -0.2) is 4.79 Å². The standard InChI is InChI=1S/C11H19NO3/c1-8(2)4-3-7-12-9(11(14)15)5-6-10(12)13/h8-9H,3-7H2,1-2H3,(H,14,15). The fourth-order valence-electron chi connectivity index (χ4n) is 1.94. The van der Waals surface area contributed by atoms with Crippen LogP contribution in [0.1, 0.15) is 39.5 Å². The van der Waals surface area contributed by atoms with Crippen LogP contribution in [0.25, 0.3) is 0 Å². The minimum Gasteiger partial charge on any atom is -0.480 e. The molecule has 0 bridgehead atoms. The molecule has 1 aliphatic rings. The van der Waals surface area contributed by atoms with Gasteiger partial charge in [-0.2, -0.15) is 0 Å². The van der Waals surface area contributed by atoms with Gasteiger partial charge in [-0.3, -0.25) is 4.79 Å². The Balaban J connectivity index is 2.43. The van der Waals surface area contributed by atoms with Crippen LogP contribution in [0.3, 0.4) is 0 Å². The number of rotatable bonds is 5. The SMILES string of the molecule is CC(C)CCCN1C(=O)CCC1C(=O)O. The summed E-state index contributed by atoms with van der Waals surface area (Å²) in [6.07, 6.45) is 2.79. The van der Waals surface area contributed by atoms with Crippen molar-refractivity contribution in [1.29, 1.82) is 0 Å². The summed E-state index contributed by atoms with van der Waals surface area (Å²) in [5.74, 6) is -0.275. The van der Waals surface area contributed by atoms with Gasteiger partial charge in [0, 0.05) is 13.0 Å². The summed E-state index contributed by atoms with van der Waals surface area (Å²) in [6, 6.07) is -0.579. The first-order valence-electron chi connectivity index (χ1n) is 5.54. The van der Waals surface area contributed by atoms with E-state index >= 15 is 0 Å². The van der Waals surface area contributed by atoms with Crippen molar-refractivity contribution in [2.45, 2.75) is 45.6 Å². The predicted molar refractivity (Wildman–Crippen MR) is 56.4 cm³/mol. The molecule has 0 radical (unpaired) electrons. The summed E-state index contributed by atoms with van der Waals surface area (Å²) in [7, 11) is 0. The van der Waals surface area contributed by atoms with Crippen LogP contribution in [0.4, 0.5) is 0 Å². The molecule has 0 spiro atoms. The number of amides is 1. The molecule has 4 nitrogen and oxygen atoms in total. The Labute approximate surface area is 90.3 Å². The molecular weight excluding hydrogens is 194 g/mol. The highest BCUT2D eigenvalue weighted by Crippen LogP contribution is 2.20. The van der Waals surface area contributed by atoms with Crippen molar-refractivity contribution in [3.05, 3.63) is 0 Å². The highest BCUT2D eigenvalue weighted by Gasteiger charge is 2.35. The third-order valence-corrected chi connectivity index (χ3v) is 2.79. The van der Waals surface area contributed by atoms with Crippen LogP contribution in [0, 0.1) is 5.92 Å². The Morgan fingerprint density at radius 1 is 1.60 bits per heavy atom. The molecule has 4 heteroatoms. The summed E-state index contributed by atoms with van der Waals surface area (Å²) in [5, 5.41) is 8.92. The molecular formula is C11H19NO3. The molecule has 1 atom stereocenters. The smallest absolute Gasteiger partial charge is 0.326 e. The summed E-state index contributed by atoms with van der Waals surface area (Å²) in [4.78, 5) is 23.8. The van der Waals surface area contributed by atoms with Crippen molar-refractivity contribution >= 4 is 11.9 Å². The quantitative estimate of drug-likeness (QED) is 0.753. The highest BCUT2D eigenvalue weighted by molar-refractivity contribution is 5.87. The Bertz CT molecular complexity index is 250. The van der Waals surface area contributed by atoms with E-state index in [1.807, 2.05) is 0 Å². The number of hydrogen-bond donors (Lipinski definition) is 1. The van der Waals surface area contributed by atoms with Gasteiger partial charge in [0.2, 0.25) is 5.91 Å². The van der Waals surface area contributed by atoms with E-state index in [1.54, 1.807) is 0 Å². The van der Waals surface area contributed by atoms with Gasteiger partial charge in [-0.1, -0.05) is 13.8 Å². The first-order chi connectivity index (χ1) is 7.02. The molecule has 15 heavy (non-hydrogen) atoms. The molecule has 0 aliphatic carbocycles. The molecule has 1 heterocycles. The zero-order valence-electron chi connectivity index (χ0n) is 9.40. The van der Waals surface area contributed by atoms with Crippen LogP contribution in [0.5, 0.6) is 0 Å². The topological polar surface area (TPSA) is 57.6 Å². The molecule has 1 saturated heterocycles. The molecule has 0 saturated carbocycles. The van der Waals surface area contributed by atoms with Crippen LogP contribution in [-0.4, -0.2) is 34.5 Å². The number of likely N-dealkylation sites (tertiary alicyclic amines) is 1. The second kappa shape index (κ2) is 5.14. The second-order valence-electron chi connectivity index (χ2n) is 4.52. The van der Waals surface area contributed by atoms with E-state index in [1.165, 1.54) is 4.90 Å². The van der Waals surface area contributed by atoms with E-state index in [9.17, 15) is 9.59 Å². The molecule has 1 unspecified atom stereocenters. The van der Waals surface area contributed by atoms with Crippen LogP contribution >= 0.6 is 0 Å². The fourth-order valence-corrected chi connectivity index (χ4v) is 1.94. The zero-order chi connectivity index (χ0) is 11.4. The minimum absolute atomic E-state index is 0.00819. The van der Waals surface area contributed by atoms with Gasteiger partial charge in [-0.05, 0) is 25.2 Å². The van der Waals surface area contributed by atoms with E-state index in [0.29, 0.717) is 25.3 Å². The first kappa shape index (κ1) is 12.0. The van der Waals surface area contributed by atoms with Gasteiger partial charge < -0.3 is 10.0 Å². The lowest BCUT2D eigenvalue weighted by atomic mass is 10.1. The summed E-state index contributed by atoms with van der Waals surface area (Å²) in [5.41, 5.74) is 0. The fraction of sp³-hybridized carbons (Fsp3) is 0.818. The predicted octanol–water partition coefficient (Wildman–Crippen LogP) is 1.50. The Morgan fingerprint density at radius 2 is 2.27 bits per heavy atom. The van der Waals surface area contributed by atoms with Gasteiger partial charge in [0.05, 0.1) is 0 Å². The molecule has 0 aromatic heterocycles. The third kappa shape index (κ3) is 3.22. The van der Waals surface area contributed by atoms with E-state index in [-0.39, 0.29) is 5.91 Å². The van der Waals surface area contributed by atoms with Gasteiger partial charge in [0.1, 0.15) is 6.04 Å². The zero-order valence-corrected chi connectivity index (χ0v) is 9.40. The third-order valence-electron chi connectivity index (χ3n) is 2.79. The number of carboxylic acid groups (broad SMARTS) is 1. The highest BCUT2D eigenvalue weighted by atomic mass is 16.4. The van der Waals surface area contributed by atoms with Gasteiger partial charge >= 0.3 is 5.97 Å². The van der Waals surface area contributed by atoms with E-state index in [2.05, 4.69) is 13.8 Å². The lowest BCUT2D eigenvalue weighted by Gasteiger charge is -2.21. The molecule has 1 aliphatic heterocycles. The van der Waals surface area contributed by atoms with Gasteiger partial charge in [0.15, 0.2) is 0 Å². The van der Waals surface area contributed by atoms with Crippen molar-refractivity contribution in [2.24, 2.45) is 5.92 Å². The maximum absolute atomic E-state index is 11.4. The molecule has 1 fully saturated rings. The van der Waals surface area contributed by atoms with Gasteiger partial charge in [0.25, 0.3) is 0 Å². The molecule has 86 valence electrons. The van der Waals surface area contributed by atoms with Crippen LogP contribution in [0.2, 0.25) is 0 Å². The Kier molecular flexibility index (Phi) is 4.12. The van der Waals surface area contributed by atoms with Crippen LogP contribution < -0.4 is 0 Å². The van der Waals surface area contributed by atoms with Crippen molar-refractivity contribution in [3.8, 4) is 0 Å². The average Bonchev–Trinajstić information content (AvgIpc) is 2.47. The van der Waals surface area contributed by atoms with Gasteiger partial charge in [-0.15, -0.1) is 0 Å². The summed E-state index contributed by atoms with van der Waals surface area (Å²) >= 11 is 0. The maximum atomic E-state index is 11.4. The maximum Gasteiger partial charge on any atom is 0.326 e. The number of carboxylic acids is 1. The van der Waals surface area contributed by atoms with Crippen LogP contribution in [0.15, 0.2) is 0 Å². The van der Waals surface area contributed by atoms with E-state index in [4.69, 9.17) is 5.11 Å². The molecule has 1 amide bonds. The summed E-state index contributed by atoms with van der Waals surface area (Å²) in [6.45, 7) is 4.84. The minimum atomic E-state index is -0.870. The van der Waals surface area contributed by atoms with Crippen molar-refractivity contribution < 1.29 is 14.7 Å². The van der Waals surface area contributed by atoms with E-state index in [0.717, 1.165) is 12.8 Å². The molecule has 1 rings (SSSR count). The summed E-state index contributed by atoms with van der Waals surface area (Å²) < 4.78 is 0. The van der Waals surface area contributed by atoms with Crippen molar-refractivity contribution in [2.75, 3.05) is 6.54 Å². The Morgan fingerprint density at radius 3 is 2.80 bits per heavy atom. The molecule has 0 aromatic rings. The second-order valence-corrected chi connectivity index (χ2v) is 4.52. The van der Waals surface area contributed by atoms with Crippen molar-refractivity contribution in [3.63, 3.8) is 0 Å². The average molecular weight is 213 g/mol. The number of carbonyl (C=O) groups excluding carboxylic acids is 1. The lowest BCUT2D eigenvalue weighted by molar-refractivity contribution is -0.146. The Hall–Kier alpha value is -1.06. The first-order valence-corrected chi connectivity index (χ1v) is 5.54. The number of hydrogen-bond acceptors (Lipinski definition) is 2. The number of carbonyl (C=O) groups is 2. The lowest BCUT2D eigenvalue weighted by Crippen LogP contribution is -2.39. The monoisotopic (exact) mass is 213 g/mol. The number of nitrogens with zero attached hydrogens (tertiary/aromatic N) is 1.